The molecule has 1 heterocycles. The molecule has 0 spiro atoms. The molecule has 3 nitrogen and oxygen atoms in total. The van der Waals surface area contributed by atoms with E-state index in [4.69, 9.17) is 4.74 Å². The SMILES string of the molecule is CCCCC[C@H](O)C=C[C@@H]1[C@H]2c3cccc(CCC)c3O[C@H]2C[C@H]1O. The van der Waals surface area contributed by atoms with Crippen LogP contribution in [0.5, 0.6) is 5.75 Å². The number of aryl methyl sites for hydroxylation is 1. The molecule has 0 bridgehead atoms. The normalized spacial score (nSPS) is 28.8. The van der Waals surface area contributed by atoms with E-state index in [0.29, 0.717) is 6.42 Å². The summed E-state index contributed by atoms with van der Waals surface area (Å²) in [6, 6.07) is 6.42. The van der Waals surface area contributed by atoms with Gasteiger partial charge in [0, 0.05) is 23.8 Å². The molecule has 0 unspecified atom stereocenters. The highest BCUT2D eigenvalue weighted by Gasteiger charge is 2.48. The molecular weight excluding hydrogens is 312 g/mol. The summed E-state index contributed by atoms with van der Waals surface area (Å²) in [4.78, 5) is 0. The van der Waals surface area contributed by atoms with Gasteiger partial charge in [-0.05, 0) is 18.4 Å². The summed E-state index contributed by atoms with van der Waals surface area (Å²) < 4.78 is 6.25. The fourth-order valence-electron chi connectivity index (χ4n) is 4.39. The first-order chi connectivity index (χ1) is 12.2. The van der Waals surface area contributed by atoms with E-state index >= 15 is 0 Å². The molecule has 1 aliphatic heterocycles. The summed E-state index contributed by atoms with van der Waals surface area (Å²) >= 11 is 0. The Morgan fingerprint density at radius 3 is 2.84 bits per heavy atom. The monoisotopic (exact) mass is 344 g/mol. The van der Waals surface area contributed by atoms with Gasteiger partial charge >= 0.3 is 0 Å². The van der Waals surface area contributed by atoms with Gasteiger partial charge in [-0.1, -0.05) is 69.9 Å². The lowest BCUT2D eigenvalue weighted by Gasteiger charge is -2.18. The largest absolute Gasteiger partial charge is 0.489 e. The molecule has 1 aliphatic carbocycles. The molecule has 25 heavy (non-hydrogen) atoms. The predicted octanol–water partition coefficient (Wildman–Crippen LogP) is 4.36. The third-order valence-corrected chi connectivity index (χ3v) is 5.67. The minimum Gasteiger partial charge on any atom is -0.489 e. The van der Waals surface area contributed by atoms with Crippen LogP contribution >= 0.6 is 0 Å². The number of benzene rings is 1. The third kappa shape index (κ3) is 3.93. The van der Waals surface area contributed by atoms with Gasteiger partial charge in [0.2, 0.25) is 0 Å². The second kappa shape index (κ2) is 8.37. The van der Waals surface area contributed by atoms with Gasteiger partial charge in [0.15, 0.2) is 0 Å². The van der Waals surface area contributed by atoms with Gasteiger partial charge in [-0.25, -0.2) is 0 Å². The molecule has 3 heteroatoms. The lowest BCUT2D eigenvalue weighted by Crippen LogP contribution is -2.17. The Bertz CT molecular complexity index is 595. The maximum atomic E-state index is 10.5. The van der Waals surface area contributed by atoms with Gasteiger partial charge in [-0.15, -0.1) is 0 Å². The minimum absolute atomic E-state index is 0.0314. The van der Waals surface area contributed by atoms with Crippen molar-refractivity contribution in [2.45, 2.75) is 83.0 Å². The van der Waals surface area contributed by atoms with Crippen LogP contribution < -0.4 is 4.74 Å². The molecule has 1 saturated carbocycles. The standard InChI is InChI=1S/C22H32O3/c1-3-5-6-10-16(23)12-13-17-19(24)14-20-21(17)18-11-7-9-15(8-4-2)22(18)25-20/h7,9,11-13,16-17,19-21,23-24H,3-6,8,10,14H2,1-2H3/t16-,17-,19+,20-,21-/m0/s1. The van der Waals surface area contributed by atoms with Gasteiger partial charge in [-0.3, -0.25) is 0 Å². The molecule has 138 valence electrons. The molecule has 0 radical (unpaired) electrons. The maximum Gasteiger partial charge on any atom is 0.126 e. The Labute approximate surface area is 151 Å². The number of hydrogen-bond donors (Lipinski definition) is 2. The Morgan fingerprint density at radius 1 is 1.24 bits per heavy atom. The van der Waals surface area contributed by atoms with Crippen LogP contribution in [0.2, 0.25) is 0 Å². The van der Waals surface area contributed by atoms with E-state index in [9.17, 15) is 10.2 Å². The Hall–Kier alpha value is -1.32. The summed E-state index contributed by atoms with van der Waals surface area (Å²) in [6.07, 6.45) is 10.2. The van der Waals surface area contributed by atoms with E-state index in [-0.39, 0.29) is 17.9 Å². The molecule has 2 aliphatic rings. The molecule has 0 amide bonds. The summed E-state index contributed by atoms with van der Waals surface area (Å²) in [6.45, 7) is 4.35. The molecule has 3 rings (SSSR count). The fraction of sp³-hybridized carbons (Fsp3) is 0.636. The average molecular weight is 344 g/mol. The first-order valence-corrected chi connectivity index (χ1v) is 9.98. The van der Waals surface area contributed by atoms with Crippen molar-refractivity contribution >= 4 is 0 Å². The number of aliphatic hydroxyl groups excluding tert-OH is 2. The van der Waals surface area contributed by atoms with Crippen LogP contribution in [0.1, 0.15) is 69.4 Å². The lowest BCUT2D eigenvalue weighted by atomic mass is 9.86. The first-order valence-electron chi connectivity index (χ1n) is 9.98. The van der Waals surface area contributed by atoms with Gasteiger partial charge in [0.25, 0.3) is 0 Å². The topological polar surface area (TPSA) is 49.7 Å². The van der Waals surface area contributed by atoms with E-state index in [2.05, 4.69) is 32.0 Å². The number of ether oxygens (including phenoxy) is 1. The predicted molar refractivity (Wildman–Crippen MR) is 101 cm³/mol. The van der Waals surface area contributed by atoms with E-state index in [1.807, 2.05) is 12.2 Å². The molecule has 0 aromatic heterocycles. The second-order valence-electron chi connectivity index (χ2n) is 7.60. The van der Waals surface area contributed by atoms with Crippen molar-refractivity contribution in [3.63, 3.8) is 0 Å². The van der Waals surface area contributed by atoms with Crippen molar-refractivity contribution in [2.24, 2.45) is 5.92 Å². The molecule has 0 saturated heterocycles. The Balaban J connectivity index is 1.74. The van der Waals surface area contributed by atoms with Crippen molar-refractivity contribution in [3.05, 3.63) is 41.5 Å². The van der Waals surface area contributed by atoms with E-state index in [1.165, 1.54) is 11.1 Å². The Morgan fingerprint density at radius 2 is 2.08 bits per heavy atom. The van der Waals surface area contributed by atoms with Crippen LogP contribution in [0.15, 0.2) is 30.4 Å². The van der Waals surface area contributed by atoms with Gasteiger partial charge in [0.1, 0.15) is 11.9 Å². The number of aliphatic hydroxyl groups is 2. The summed E-state index contributed by atoms with van der Waals surface area (Å²) in [5.41, 5.74) is 2.52. The van der Waals surface area contributed by atoms with Crippen molar-refractivity contribution in [1.29, 1.82) is 0 Å². The van der Waals surface area contributed by atoms with Crippen LogP contribution in [-0.4, -0.2) is 28.5 Å². The number of hydrogen-bond acceptors (Lipinski definition) is 3. The van der Waals surface area contributed by atoms with Gasteiger partial charge in [-0.2, -0.15) is 0 Å². The number of fused-ring (bicyclic) bond motifs is 3. The zero-order valence-corrected chi connectivity index (χ0v) is 15.5. The van der Waals surface area contributed by atoms with Gasteiger partial charge < -0.3 is 14.9 Å². The smallest absolute Gasteiger partial charge is 0.126 e. The van der Waals surface area contributed by atoms with E-state index in [1.54, 1.807) is 0 Å². The quantitative estimate of drug-likeness (QED) is 0.544. The molecule has 2 N–H and O–H groups in total. The summed E-state index contributed by atoms with van der Waals surface area (Å²) in [7, 11) is 0. The zero-order chi connectivity index (χ0) is 17.8. The molecule has 1 aromatic rings. The third-order valence-electron chi connectivity index (χ3n) is 5.67. The van der Waals surface area contributed by atoms with Gasteiger partial charge in [0.05, 0.1) is 12.2 Å². The number of para-hydroxylation sites is 1. The van der Waals surface area contributed by atoms with Crippen molar-refractivity contribution in [2.75, 3.05) is 0 Å². The number of unbranched alkanes of at least 4 members (excludes halogenated alkanes) is 2. The zero-order valence-electron chi connectivity index (χ0n) is 15.5. The Kier molecular flexibility index (Phi) is 6.19. The second-order valence-corrected chi connectivity index (χ2v) is 7.60. The molecule has 1 aromatic carbocycles. The van der Waals surface area contributed by atoms with E-state index in [0.717, 1.165) is 44.3 Å². The van der Waals surface area contributed by atoms with E-state index < -0.39 is 12.2 Å². The lowest BCUT2D eigenvalue weighted by molar-refractivity contribution is 0.135. The van der Waals surface area contributed by atoms with Crippen LogP contribution in [-0.2, 0) is 6.42 Å². The number of rotatable bonds is 8. The minimum atomic E-state index is -0.411. The highest BCUT2D eigenvalue weighted by atomic mass is 16.5. The average Bonchev–Trinajstić information content (AvgIpc) is 3.09. The van der Waals surface area contributed by atoms with Crippen molar-refractivity contribution in [3.8, 4) is 5.75 Å². The molecule has 5 atom stereocenters. The van der Waals surface area contributed by atoms with Crippen molar-refractivity contribution < 1.29 is 14.9 Å². The first kappa shape index (κ1) is 18.5. The van der Waals surface area contributed by atoms with Crippen LogP contribution in [0, 0.1) is 5.92 Å². The fourth-order valence-corrected chi connectivity index (χ4v) is 4.39. The molecular formula is C22H32O3. The van der Waals surface area contributed by atoms with Crippen molar-refractivity contribution in [1.82, 2.24) is 0 Å². The maximum absolute atomic E-state index is 10.5. The van der Waals surface area contributed by atoms with Crippen LogP contribution in [0.4, 0.5) is 0 Å². The highest BCUT2D eigenvalue weighted by molar-refractivity contribution is 5.49. The molecule has 1 fully saturated rings. The summed E-state index contributed by atoms with van der Waals surface area (Å²) in [5, 5.41) is 20.7. The summed E-state index contributed by atoms with van der Waals surface area (Å²) in [5.74, 6) is 1.29. The van der Waals surface area contributed by atoms with Crippen LogP contribution in [0.3, 0.4) is 0 Å². The van der Waals surface area contributed by atoms with Crippen LogP contribution in [0.25, 0.3) is 0 Å². The highest BCUT2D eigenvalue weighted by Crippen LogP contribution is 2.51.